The van der Waals surface area contributed by atoms with E-state index < -0.39 is 28.0 Å². The van der Waals surface area contributed by atoms with Crippen LogP contribution in [0.2, 0.25) is 0 Å². The molecule has 0 saturated carbocycles. The standard InChI is InChI=1S/C22H29NO4S/c1-17-13-15-20(16-14-17)28(25,26)23-21(18(2)22(24)27-3)12-8-7-11-19-9-5-4-6-10-19/h4-6,9-10,13-16,18,21,23H,7-8,11-12H2,1-3H3/t18-,21-/m0/s1. The lowest BCUT2D eigenvalue weighted by Crippen LogP contribution is -2.42. The van der Waals surface area contributed by atoms with Crippen LogP contribution in [0, 0.1) is 12.8 Å². The van der Waals surface area contributed by atoms with Crippen LogP contribution in [0.1, 0.15) is 37.3 Å². The van der Waals surface area contributed by atoms with Crippen molar-refractivity contribution >= 4 is 16.0 Å². The minimum Gasteiger partial charge on any atom is -0.469 e. The van der Waals surface area contributed by atoms with Crippen LogP contribution in [0.15, 0.2) is 59.5 Å². The average Bonchev–Trinajstić information content (AvgIpc) is 2.70. The van der Waals surface area contributed by atoms with Gasteiger partial charge >= 0.3 is 5.97 Å². The number of unbranched alkanes of at least 4 members (excludes halogenated alkanes) is 1. The molecular formula is C22H29NO4S. The fraction of sp³-hybridized carbons (Fsp3) is 0.409. The van der Waals surface area contributed by atoms with Crippen molar-refractivity contribution in [3.05, 3.63) is 65.7 Å². The SMILES string of the molecule is COC(=O)[C@@H](C)[C@H](CCCCc1ccccc1)NS(=O)(=O)c1ccc(C)cc1. The summed E-state index contributed by atoms with van der Waals surface area (Å²) < 4.78 is 33.1. The van der Waals surface area contributed by atoms with Gasteiger partial charge in [-0.15, -0.1) is 0 Å². The normalized spacial score (nSPS) is 13.7. The molecule has 0 unspecified atom stereocenters. The van der Waals surface area contributed by atoms with Gasteiger partial charge in [0, 0.05) is 6.04 Å². The molecule has 152 valence electrons. The van der Waals surface area contributed by atoms with Crippen molar-refractivity contribution < 1.29 is 17.9 Å². The van der Waals surface area contributed by atoms with Crippen LogP contribution in [0.25, 0.3) is 0 Å². The maximum absolute atomic E-state index is 12.8. The third-order valence-electron chi connectivity index (χ3n) is 4.89. The number of nitrogens with one attached hydrogen (secondary N) is 1. The van der Waals surface area contributed by atoms with E-state index in [1.54, 1.807) is 31.2 Å². The largest absolute Gasteiger partial charge is 0.469 e. The van der Waals surface area contributed by atoms with E-state index in [9.17, 15) is 13.2 Å². The highest BCUT2D eigenvalue weighted by atomic mass is 32.2. The van der Waals surface area contributed by atoms with Crippen molar-refractivity contribution in [3.63, 3.8) is 0 Å². The maximum Gasteiger partial charge on any atom is 0.309 e. The summed E-state index contributed by atoms with van der Waals surface area (Å²) in [6, 6.07) is 16.3. The average molecular weight is 404 g/mol. The van der Waals surface area contributed by atoms with E-state index in [-0.39, 0.29) is 4.90 Å². The Kier molecular flexibility index (Phi) is 8.20. The zero-order valence-electron chi connectivity index (χ0n) is 16.7. The molecule has 0 aliphatic rings. The van der Waals surface area contributed by atoms with E-state index in [1.165, 1.54) is 12.7 Å². The lowest BCUT2D eigenvalue weighted by molar-refractivity contribution is -0.145. The van der Waals surface area contributed by atoms with Gasteiger partial charge in [-0.2, -0.15) is 0 Å². The summed E-state index contributed by atoms with van der Waals surface area (Å²) in [7, 11) is -2.39. The van der Waals surface area contributed by atoms with Gasteiger partial charge in [-0.05, 0) is 43.9 Å². The van der Waals surface area contributed by atoms with E-state index in [2.05, 4.69) is 16.9 Å². The van der Waals surface area contributed by atoms with Gasteiger partial charge in [0.15, 0.2) is 0 Å². The summed E-state index contributed by atoms with van der Waals surface area (Å²) in [5.41, 5.74) is 2.24. The Labute approximate surface area is 168 Å². The Balaban J connectivity index is 2.04. The predicted octanol–water partition coefficient (Wildman–Crippen LogP) is 3.86. The van der Waals surface area contributed by atoms with Gasteiger partial charge in [0.25, 0.3) is 0 Å². The molecule has 1 N–H and O–H groups in total. The van der Waals surface area contributed by atoms with Crippen molar-refractivity contribution in [2.45, 2.75) is 50.5 Å². The smallest absolute Gasteiger partial charge is 0.309 e. The monoisotopic (exact) mass is 403 g/mol. The third kappa shape index (κ3) is 6.46. The van der Waals surface area contributed by atoms with Crippen molar-refractivity contribution in [3.8, 4) is 0 Å². The van der Waals surface area contributed by atoms with Gasteiger partial charge in [0.05, 0.1) is 17.9 Å². The molecule has 2 aromatic rings. The Morgan fingerprint density at radius 1 is 1.04 bits per heavy atom. The first-order chi connectivity index (χ1) is 13.3. The summed E-state index contributed by atoms with van der Waals surface area (Å²) >= 11 is 0. The number of carbonyl (C=O) groups is 1. The highest BCUT2D eigenvalue weighted by Crippen LogP contribution is 2.18. The number of methoxy groups -OCH3 is 1. The molecule has 2 rings (SSSR count). The molecule has 2 atom stereocenters. The number of rotatable bonds is 10. The van der Waals surface area contributed by atoms with Crippen LogP contribution < -0.4 is 4.72 Å². The van der Waals surface area contributed by atoms with Gasteiger partial charge in [-0.1, -0.05) is 61.4 Å². The predicted molar refractivity (Wildman–Crippen MR) is 110 cm³/mol. The third-order valence-corrected chi connectivity index (χ3v) is 6.39. The molecule has 0 radical (unpaired) electrons. The lowest BCUT2D eigenvalue weighted by Gasteiger charge is -2.23. The summed E-state index contributed by atoms with van der Waals surface area (Å²) in [5, 5.41) is 0. The molecule has 0 amide bonds. The summed E-state index contributed by atoms with van der Waals surface area (Å²) in [6.07, 6.45) is 3.21. The molecule has 2 aromatic carbocycles. The fourth-order valence-corrected chi connectivity index (χ4v) is 4.43. The number of hydrogen-bond donors (Lipinski definition) is 1. The molecule has 0 fully saturated rings. The van der Waals surface area contributed by atoms with Crippen LogP contribution >= 0.6 is 0 Å². The first-order valence-electron chi connectivity index (χ1n) is 9.54. The number of benzene rings is 2. The first-order valence-corrected chi connectivity index (χ1v) is 11.0. The molecule has 6 heteroatoms. The molecule has 0 aliphatic carbocycles. The molecule has 0 heterocycles. The fourth-order valence-electron chi connectivity index (χ4n) is 3.08. The minimum atomic E-state index is -3.71. The van der Waals surface area contributed by atoms with Crippen LogP contribution in [-0.4, -0.2) is 27.5 Å². The van der Waals surface area contributed by atoms with Gasteiger partial charge in [0.2, 0.25) is 10.0 Å². The zero-order chi connectivity index (χ0) is 20.6. The Morgan fingerprint density at radius 3 is 2.29 bits per heavy atom. The Hall–Kier alpha value is -2.18. The lowest BCUT2D eigenvalue weighted by atomic mass is 9.96. The van der Waals surface area contributed by atoms with Crippen molar-refractivity contribution in [2.75, 3.05) is 7.11 Å². The van der Waals surface area contributed by atoms with Gasteiger partial charge in [-0.3, -0.25) is 4.79 Å². The minimum absolute atomic E-state index is 0.199. The van der Waals surface area contributed by atoms with Crippen molar-refractivity contribution in [1.82, 2.24) is 4.72 Å². The highest BCUT2D eigenvalue weighted by Gasteiger charge is 2.29. The second-order valence-corrected chi connectivity index (χ2v) is 8.80. The summed E-state index contributed by atoms with van der Waals surface area (Å²) in [4.78, 5) is 12.2. The molecule has 28 heavy (non-hydrogen) atoms. The van der Waals surface area contributed by atoms with E-state index in [1.807, 2.05) is 25.1 Å². The summed E-state index contributed by atoms with van der Waals surface area (Å²) in [6.45, 7) is 3.60. The number of aryl methyl sites for hydroxylation is 2. The van der Waals surface area contributed by atoms with Crippen molar-refractivity contribution in [2.24, 2.45) is 5.92 Å². The molecular weight excluding hydrogens is 374 g/mol. The van der Waals surface area contributed by atoms with E-state index in [0.717, 1.165) is 24.8 Å². The maximum atomic E-state index is 12.8. The molecule has 0 aliphatic heterocycles. The Morgan fingerprint density at radius 2 is 1.68 bits per heavy atom. The van der Waals surface area contributed by atoms with E-state index in [4.69, 9.17) is 4.74 Å². The number of carbonyl (C=O) groups excluding carboxylic acids is 1. The quantitative estimate of drug-likeness (QED) is 0.483. The van der Waals surface area contributed by atoms with E-state index >= 15 is 0 Å². The number of esters is 1. The van der Waals surface area contributed by atoms with Crippen LogP contribution in [-0.2, 0) is 26.0 Å². The second-order valence-electron chi connectivity index (χ2n) is 7.08. The molecule has 0 saturated heterocycles. The molecule has 0 aromatic heterocycles. The molecule has 0 spiro atoms. The van der Waals surface area contributed by atoms with Crippen LogP contribution in [0.4, 0.5) is 0 Å². The zero-order valence-corrected chi connectivity index (χ0v) is 17.5. The van der Waals surface area contributed by atoms with Crippen LogP contribution in [0.3, 0.4) is 0 Å². The molecule has 5 nitrogen and oxygen atoms in total. The van der Waals surface area contributed by atoms with Gasteiger partial charge in [0.1, 0.15) is 0 Å². The Bertz CT molecular complexity index is 848. The van der Waals surface area contributed by atoms with Crippen molar-refractivity contribution in [1.29, 1.82) is 0 Å². The highest BCUT2D eigenvalue weighted by molar-refractivity contribution is 7.89. The van der Waals surface area contributed by atoms with E-state index in [0.29, 0.717) is 6.42 Å². The van der Waals surface area contributed by atoms with Gasteiger partial charge < -0.3 is 4.74 Å². The summed E-state index contributed by atoms with van der Waals surface area (Å²) in [5.74, 6) is -0.985. The topological polar surface area (TPSA) is 72.5 Å². The number of ether oxygens (including phenoxy) is 1. The molecule has 0 bridgehead atoms. The number of sulfonamides is 1. The van der Waals surface area contributed by atoms with Gasteiger partial charge in [-0.25, -0.2) is 13.1 Å². The first kappa shape index (κ1) is 22.1. The second kappa shape index (κ2) is 10.4. The number of hydrogen-bond acceptors (Lipinski definition) is 4. The van der Waals surface area contributed by atoms with Crippen LogP contribution in [0.5, 0.6) is 0 Å².